The smallest absolute Gasteiger partial charge is 0.294 e. The first-order valence-corrected chi connectivity index (χ1v) is 10.4. The van der Waals surface area contributed by atoms with Crippen molar-refractivity contribution in [2.45, 2.75) is 13.5 Å². The lowest BCUT2D eigenvalue weighted by Crippen LogP contribution is -2.24. The first-order chi connectivity index (χ1) is 14.6. The molecule has 2 heterocycles. The van der Waals surface area contributed by atoms with E-state index in [0.717, 1.165) is 43.1 Å². The van der Waals surface area contributed by atoms with Crippen molar-refractivity contribution in [2.24, 2.45) is 0 Å². The predicted octanol–water partition coefficient (Wildman–Crippen LogP) is 5.04. The van der Waals surface area contributed by atoms with E-state index in [1.807, 2.05) is 55.5 Å². The van der Waals surface area contributed by atoms with Crippen molar-refractivity contribution in [3.05, 3.63) is 87.7 Å². The van der Waals surface area contributed by atoms with E-state index in [2.05, 4.69) is 23.2 Å². The lowest BCUT2D eigenvalue weighted by atomic mass is 10.0. The van der Waals surface area contributed by atoms with Gasteiger partial charge in [0.1, 0.15) is 11.4 Å². The number of fused-ring (bicyclic) bond motifs is 2. The second-order valence-corrected chi connectivity index (χ2v) is 8.30. The van der Waals surface area contributed by atoms with Gasteiger partial charge >= 0.3 is 0 Å². The van der Waals surface area contributed by atoms with Crippen LogP contribution in [-0.2, 0) is 6.54 Å². The molecular weight excluding hydrogens is 394 g/mol. The van der Waals surface area contributed by atoms with Gasteiger partial charge in [-0.25, -0.2) is 9.67 Å². The van der Waals surface area contributed by atoms with Gasteiger partial charge in [0.05, 0.1) is 23.4 Å². The van der Waals surface area contributed by atoms with Gasteiger partial charge in [0, 0.05) is 5.56 Å². The molecule has 30 heavy (non-hydrogen) atoms. The summed E-state index contributed by atoms with van der Waals surface area (Å²) >= 11 is 1.49. The molecular formula is C24H19N3O2S. The molecule has 5 aromatic rings. The second-order valence-electron chi connectivity index (χ2n) is 7.09. The van der Waals surface area contributed by atoms with Crippen molar-refractivity contribution in [3.8, 4) is 17.0 Å². The fourth-order valence-corrected chi connectivity index (χ4v) is 4.64. The first kappa shape index (κ1) is 18.5. The monoisotopic (exact) mass is 413 g/mol. The summed E-state index contributed by atoms with van der Waals surface area (Å²) in [6.45, 7) is 2.29. The molecule has 3 aromatic carbocycles. The Hall–Kier alpha value is -3.51. The van der Waals surface area contributed by atoms with E-state index in [1.165, 1.54) is 16.0 Å². The molecule has 0 unspecified atom stereocenters. The van der Waals surface area contributed by atoms with Gasteiger partial charge in [-0.15, -0.1) is 11.3 Å². The van der Waals surface area contributed by atoms with Crippen molar-refractivity contribution in [1.29, 1.82) is 0 Å². The lowest BCUT2D eigenvalue weighted by molar-refractivity contribution is 0.415. The number of nitrogens with zero attached hydrogens (tertiary/aromatic N) is 3. The van der Waals surface area contributed by atoms with Crippen LogP contribution < -0.4 is 10.3 Å². The highest BCUT2D eigenvalue weighted by Gasteiger charge is 2.17. The minimum atomic E-state index is -0.172. The van der Waals surface area contributed by atoms with E-state index < -0.39 is 0 Å². The Labute approximate surface area is 177 Å². The third-order valence-electron chi connectivity index (χ3n) is 5.15. The maximum atomic E-state index is 13.2. The average molecular weight is 414 g/mol. The Morgan fingerprint density at radius 2 is 1.83 bits per heavy atom. The molecule has 148 valence electrons. The minimum absolute atomic E-state index is 0.172. The van der Waals surface area contributed by atoms with Crippen LogP contribution in [0.3, 0.4) is 0 Å². The summed E-state index contributed by atoms with van der Waals surface area (Å²) in [7, 11) is 1.64. The van der Waals surface area contributed by atoms with Crippen molar-refractivity contribution < 1.29 is 4.74 Å². The third-order valence-corrected chi connectivity index (χ3v) is 6.13. The van der Waals surface area contributed by atoms with Crippen molar-refractivity contribution in [2.75, 3.05) is 7.11 Å². The highest BCUT2D eigenvalue weighted by atomic mass is 32.1. The Kier molecular flexibility index (Phi) is 4.56. The largest absolute Gasteiger partial charge is 0.497 e. The van der Waals surface area contributed by atoms with Gasteiger partial charge in [-0.1, -0.05) is 54.6 Å². The van der Waals surface area contributed by atoms with Crippen molar-refractivity contribution in [3.63, 3.8) is 0 Å². The molecule has 0 saturated heterocycles. The fourth-order valence-electron chi connectivity index (χ4n) is 3.72. The topological polar surface area (TPSA) is 57.0 Å². The standard InChI is InChI=1S/C24H19N3O2S/c1-15-25-22-23(30-15)21(17-9-6-11-19(13-17)29-2)26-27(24(22)28)14-18-10-5-8-16-7-3-4-12-20(16)18/h3-13H,14H2,1-2H3. The number of hydrogen-bond donors (Lipinski definition) is 0. The number of thiazole rings is 1. The summed E-state index contributed by atoms with van der Waals surface area (Å²) in [6, 6.07) is 22.0. The van der Waals surface area contributed by atoms with Crippen LogP contribution in [-0.4, -0.2) is 21.9 Å². The van der Waals surface area contributed by atoms with E-state index >= 15 is 0 Å². The molecule has 6 heteroatoms. The zero-order valence-corrected chi connectivity index (χ0v) is 17.4. The number of benzene rings is 3. The quantitative estimate of drug-likeness (QED) is 0.414. The van der Waals surface area contributed by atoms with Gasteiger partial charge in [0.15, 0.2) is 5.52 Å². The number of aryl methyl sites for hydroxylation is 1. The van der Waals surface area contributed by atoms with Gasteiger partial charge < -0.3 is 4.74 Å². The summed E-state index contributed by atoms with van der Waals surface area (Å²) in [4.78, 5) is 17.7. The van der Waals surface area contributed by atoms with Gasteiger partial charge in [-0.05, 0) is 35.4 Å². The summed E-state index contributed by atoms with van der Waals surface area (Å²) in [5, 5.41) is 7.88. The summed E-state index contributed by atoms with van der Waals surface area (Å²) in [5.41, 5.74) is 2.98. The van der Waals surface area contributed by atoms with Gasteiger partial charge in [0.2, 0.25) is 0 Å². The Morgan fingerprint density at radius 3 is 2.70 bits per heavy atom. The number of rotatable bonds is 4. The van der Waals surface area contributed by atoms with Crippen LogP contribution in [0.25, 0.3) is 32.2 Å². The van der Waals surface area contributed by atoms with Crippen LogP contribution in [0.2, 0.25) is 0 Å². The molecule has 0 amide bonds. The summed E-state index contributed by atoms with van der Waals surface area (Å²) in [5.74, 6) is 0.746. The number of ether oxygens (including phenoxy) is 1. The highest BCUT2D eigenvalue weighted by molar-refractivity contribution is 7.19. The fraction of sp³-hybridized carbons (Fsp3) is 0.125. The second kappa shape index (κ2) is 7.39. The SMILES string of the molecule is COc1cccc(-c2nn(Cc3cccc4ccccc34)c(=O)c3nc(C)sc23)c1. The molecule has 0 saturated carbocycles. The zero-order chi connectivity index (χ0) is 20.7. The molecule has 0 N–H and O–H groups in total. The van der Waals surface area contributed by atoms with Crippen molar-refractivity contribution in [1.82, 2.24) is 14.8 Å². The normalized spacial score (nSPS) is 11.3. The molecule has 5 rings (SSSR count). The predicted molar refractivity (Wildman–Crippen MR) is 121 cm³/mol. The molecule has 0 atom stereocenters. The molecule has 5 nitrogen and oxygen atoms in total. The van der Waals surface area contributed by atoms with Crippen LogP contribution in [0, 0.1) is 6.92 Å². The van der Waals surface area contributed by atoms with Crippen molar-refractivity contribution >= 4 is 32.3 Å². The van der Waals surface area contributed by atoms with E-state index in [-0.39, 0.29) is 5.56 Å². The van der Waals surface area contributed by atoms with Crippen LogP contribution in [0.15, 0.2) is 71.5 Å². The molecule has 0 aliphatic carbocycles. The Bertz CT molecular complexity index is 1450. The van der Waals surface area contributed by atoms with Crippen LogP contribution >= 0.6 is 11.3 Å². The number of aromatic nitrogens is 3. The average Bonchev–Trinajstić information content (AvgIpc) is 3.18. The minimum Gasteiger partial charge on any atom is -0.497 e. The first-order valence-electron chi connectivity index (χ1n) is 9.63. The van der Waals surface area contributed by atoms with E-state index in [1.54, 1.807) is 7.11 Å². The van der Waals surface area contributed by atoms with Gasteiger partial charge in [-0.3, -0.25) is 4.79 Å². The number of methoxy groups -OCH3 is 1. The lowest BCUT2D eigenvalue weighted by Gasteiger charge is -2.11. The van der Waals surface area contributed by atoms with Crippen LogP contribution in [0.1, 0.15) is 10.6 Å². The Balaban J connectivity index is 1.72. The summed E-state index contributed by atoms with van der Waals surface area (Å²) < 4.78 is 7.71. The van der Waals surface area contributed by atoms with E-state index in [9.17, 15) is 4.79 Å². The van der Waals surface area contributed by atoms with Crippen LogP contribution in [0.4, 0.5) is 0 Å². The maximum Gasteiger partial charge on any atom is 0.294 e. The molecule has 0 aliphatic heterocycles. The van der Waals surface area contributed by atoms with E-state index in [4.69, 9.17) is 9.84 Å². The third kappa shape index (κ3) is 3.15. The highest BCUT2D eigenvalue weighted by Crippen LogP contribution is 2.31. The Morgan fingerprint density at radius 1 is 1.03 bits per heavy atom. The molecule has 0 bridgehead atoms. The zero-order valence-electron chi connectivity index (χ0n) is 16.6. The maximum absolute atomic E-state index is 13.2. The van der Waals surface area contributed by atoms with Crippen LogP contribution in [0.5, 0.6) is 5.75 Å². The molecule has 2 aromatic heterocycles. The summed E-state index contributed by atoms with van der Waals surface area (Å²) in [6.07, 6.45) is 0. The van der Waals surface area contributed by atoms with E-state index in [0.29, 0.717) is 12.1 Å². The van der Waals surface area contributed by atoms with Gasteiger partial charge in [-0.2, -0.15) is 5.10 Å². The molecule has 0 fully saturated rings. The molecule has 0 aliphatic rings. The number of hydrogen-bond acceptors (Lipinski definition) is 5. The van der Waals surface area contributed by atoms with Gasteiger partial charge in [0.25, 0.3) is 5.56 Å². The molecule has 0 radical (unpaired) electrons. The molecule has 0 spiro atoms.